The molecular formula is C17H27ClN2O. The molecule has 0 spiro atoms. The smallest absolute Gasteiger partial charge is 0.223 e. The molecule has 1 N–H and O–H groups in total. The molecule has 0 radical (unpaired) electrons. The second kappa shape index (κ2) is 9.06. The normalized spacial score (nSPS) is 17.6. The highest BCUT2D eigenvalue weighted by Crippen LogP contribution is 2.17. The molecule has 2 rings (SSSR count). The number of hydrogen-bond donors (Lipinski definition) is 1. The zero-order valence-corrected chi connectivity index (χ0v) is 13.9. The first-order valence-electron chi connectivity index (χ1n) is 7.71. The highest BCUT2D eigenvalue weighted by Gasteiger charge is 2.20. The van der Waals surface area contributed by atoms with Crippen LogP contribution in [0, 0.1) is 5.92 Å². The first-order valence-corrected chi connectivity index (χ1v) is 7.71. The minimum absolute atomic E-state index is 0. The first kappa shape index (κ1) is 18.0. The van der Waals surface area contributed by atoms with Crippen LogP contribution >= 0.6 is 12.4 Å². The molecule has 1 amide bonds. The van der Waals surface area contributed by atoms with Gasteiger partial charge in [0.25, 0.3) is 0 Å². The van der Waals surface area contributed by atoms with Crippen LogP contribution in [0.5, 0.6) is 0 Å². The van der Waals surface area contributed by atoms with Crippen LogP contribution in [0.4, 0.5) is 0 Å². The summed E-state index contributed by atoms with van der Waals surface area (Å²) in [6.07, 6.45) is 2.91. The maximum Gasteiger partial charge on any atom is 0.223 e. The van der Waals surface area contributed by atoms with Gasteiger partial charge in [-0.2, -0.15) is 0 Å². The Bertz CT molecular complexity index is 416. The Morgan fingerprint density at radius 2 is 2.05 bits per heavy atom. The van der Waals surface area contributed by atoms with Gasteiger partial charge in [0.15, 0.2) is 0 Å². The van der Waals surface area contributed by atoms with E-state index in [1.807, 2.05) is 23.1 Å². The van der Waals surface area contributed by atoms with E-state index in [-0.39, 0.29) is 24.4 Å². The Morgan fingerprint density at radius 1 is 1.33 bits per heavy atom. The highest BCUT2D eigenvalue weighted by molar-refractivity contribution is 5.85. The summed E-state index contributed by atoms with van der Waals surface area (Å²) in [6.45, 7) is 7.10. The SMILES string of the molecule is CC(C)N(Cc1ccccc1)C(=O)CCC1CCNC1.Cl. The van der Waals surface area contributed by atoms with E-state index in [1.54, 1.807) is 0 Å². The molecule has 1 unspecified atom stereocenters. The third kappa shape index (κ3) is 5.68. The third-order valence-corrected chi connectivity index (χ3v) is 4.07. The van der Waals surface area contributed by atoms with Crippen molar-refractivity contribution >= 4 is 18.3 Å². The molecule has 1 saturated heterocycles. The number of nitrogens with one attached hydrogen (secondary N) is 1. The van der Waals surface area contributed by atoms with Crippen molar-refractivity contribution in [3.63, 3.8) is 0 Å². The van der Waals surface area contributed by atoms with Crippen molar-refractivity contribution in [1.82, 2.24) is 10.2 Å². The van der Waals surface area contributed by atoms with Crippen molar-refractivity contribution < 1.29 is 4.79 Å². The summed E-state index contributed by atoms with van der Waals surface area (Å²) in [5.74, 6) is 0.973. The van der Waals surface area contributed by atoms with Crippen molar-refractivity contribution in [3.05, 3.63) is 35.9 Å². The van der Waals surface area contributed by atoms with Gasteiger partial charge in [0, 0.05) is 19.0 Å². The molecular weight excluding hydrogens is 284 g/mol. The summed E-state index contributed by atoms with van der Waals surface area (Å²) in [7, 11) is 0. The minimum Gasteiger partial charge on any atom is -0.336 e. The molecule has 3 nitrogen and oxygen atoms in total. The number of rotatable bonds is 6. The second-order valence-electron chi connectivity index (χ2n) is 6.00. The van der Waals surface area contributed by atoms with Gasteiger partial charge in [-0.1, -0.05) is 30.3 Å². The Morgan fingerprint density at radius 3 is 2.62 bits per heavy atom. The van der Waals surface area contributed by atoms with Gasteiger partial charge < -0.3 is 10.2 Å². The first-order chi connectivity index (χ1) is 9.66. The molecule has 0 aliphatic carbocycles. The van der Waals surface area contributed by atoms with Gasteiger partial charge in [-0.15, -0.1) is 12.4 Å². The number of benzene rings is 1. The van der Waals surface area contributed by atoms with Crippen LogP contribution in [0.25, 0.3) is 0 Å². The molecule has 1 aliphatic rings. The Labute approximate surface area is 134 Å². The maximum absolute atomic E-state index is 12.5. The largest absolute Gasteiger partial charge is 0.336 e. The minimum atomic E-state index is 0. The molecule has 0 aromatic heterocycles. The average Bonchev–Trinajstić information content (AvgIpc) is 2.96. The van der Waals surface area contributed by atoms with Crippen molar-refractivity contribution in [3.8, 4) is 0 Å². The van der Waals surface area contributed by atoms with Gasteiger partial charge in [-0.25, -0.2) is 0 Å². The Balaban J connectivity index is 0.00000220. The Kier molecular flexibility index (Phi) is 7.76. The molecule has 1 fully saturated rings. The third-order valence-electron chi connectivity index (χ3n) is 4.07. The fraction of sp³-hybridized carbons (Fsp3) is 0.588. The molecule has 21 heavy (non-hydrogen) atoms. The van der Waals surface area contributed by atoms with E-state index in [0.29, 0.717) is 12.3 Å². The number of amides is 1. The summed E-state index contributed by atoms with van der Waals surface area (Å²) in [5, 5.41) is 3.36. The second-order valence-corrected chi connectivity index (χ2v) is 6.00. The number of carbonyl (C=O) groups excluding carboxylic acids is 1. The number of halogens is 1. The lowest BCUT2D eigenvalue weighted by Gasteiger charge is -2.27. The lowest BCUT2D eigenvalue weighted by atomic mass is 10.0. The van der Waals surface area contributed by atoms with E-state index in [0.717, 1.165) is 26.1 Å². The molecule has 1 aromatic carbocycles. The zero-order valence-electron chi connectivity index (χ0n) is 13.0. The number of hydrogen-bond acceptors (Lipinski definition) is 2. The van der Waals surface area contributed by atoms with E-state index in [4.69, 9.17) is 0 Å². The van der Waals surface area contributed by atoms with Gasteiger partial charge in [0.1, 0.15) is 0 Å². The van der Waals surface area contributed by atoms with Crippen molar-refractivity contribution in [2.24, 2.45) is 5.92 Å². The predicted octanol–water partition coefficient (Wildman–Crippen LogP) is 3.24. The molecule has 1 aromatic rings. The standard InChI is InChI=1S/C17H26N2O.ClH/c1-14(2)19(13-16-6-4-3-5-7-16)17(20)9-8-15-10-11-18-12-15;/h3-7,14-15,18H,8-13H2,1-2H3;1H. The van der Waals surface area contributed by atoms with Crippen LogP contribution < -0.4 is 5.32 Å². The van der Waals surface area contributed by atoms with Crippen molar-refractivity contribution in [2.75, 3.05) is 13.1 Å². The lowest BCUT2D eigenvalue weighted by molar-refractivity contribution is -0.133. The van der Waals surface area contributed by atoms with Gasteiger partial charge in [-0.05, 0) is 51.3 Å². The van der Waals surface area contributed by atoms with Gasteiger partial charge in [-0.3, -0.25) is 4.79 Å². The zero-order chi connectivity index (χ0) is 14.4. The van der Waals surface area contributed by atoms with E-state index >= 15 is 0 Å². The van der Waals surface area contributed by atoms with Crippen LogP contribution in [-0.2, 0) is 11.3 Å². The Hall–Kier alpha value is -1.06. The molecule has 0 bridgehead atoms. The highest BCUT2D eigenvalue weighted by atomic mass is 35.5. The number of nitrogens with zero attached hydrogens (tertiary/aromatic N) is 1. The monoisotopic (exact) mass is 310 g/mol. The molecule has 1 atom stereocenters. The molecule has 118 valence electrons. The fourth-order valence-electron chi connectivity index (χ4n) is 2.77. The van der Waals surface area contributed by atoms with Crippen LogP contribution in [0.1, 0.15) is 38.7 Å². The summed E-state index contributed by atoms with van der Waals surface area (Å²) < 4.78 is 0. The molecule has 1 heterocycles. The summed E-state index contributed by atoms with van der Waals surface area (Å²) >= 11 is 0. The fourth-order valence-corrected chi connectivity index (χ4v) is 2.77. The predicted molar refractivity (Wildman–Crippen MR) is 89.6 cm³/mol. The number of carbonyl (C=O) groups is 1. The van der Waals surface area contributed by atoms with Crippen LogP contribution in [0.2, 0.25) is 0 Å². The summed E-state index contributed by atoms with van der Waals surface area (Å²) in [4.78, 5) is 14.4. The molecule has 4 heteroatoms. The topological polar surface area (TPSA) is 32.3 Å². The van der Waals surface area contributed by atoms with Crippen LogP contribution in [0.15, 0.2) is 30.3 Å². The van der Waals surface area contributed by atoms with E-state index in [9.17, 15) is 4.79 Å². The summed E-state index contributed by atoms with van der Waals surface area (Å²) in [5.41, 5.74) is 1.21. The van der Waals surface area contributed by atoms with E-state index in [1.165, 1.54) is 12.0 Å². The maximum atomic E-state index is 12.5. The molecule has 1 aliphatic heterocycles. The van der Waals surface area contributed by atoms with Crippen LogP contribution in [-0.4, -0.2) is 29.9 Å². The lowest BCUT2D eigenvalue weighted by Crippen LogP contribution is -2.36. The van der Waals surface area contributed by atoms with Crippen molar-refractivity contribution in [2.45, 2.75) is 45.7 Å². The van der Waals surface area contributed by atoms with Gasteiger partial charge in [0.05, 0.1) is 0 Å². The average molecular weight is 311 g/mol. The summed E-state index contributed by atoms with van der Waals surface area (Å²) in [6, 6.07) is 10.5. The van der Waals surface area contributed by atoms with E-state index in [2.05, 4.69) is 31.3 Å². The van der Waals surface area contributed by atoms with Gasteiger partial charge in [0.2, 0.25) is 5.91 Å². The van der Waals surface area contributed by atoms with Gasteiger partial charge >= 0.3 is 0 Å². The van der Waals surface area contributed by atoms with E-state index < -0.39 is 0 Å². The quantitative estimate of drug-likeness (QED) is 0.875. The van der Waals surface area contributed by atoms with Crippen LogP contribution in [0.3, 0.4) is 0 Å². The molecule has 0 saturated carbocycles. The van der Waals surface area contributed by atoms with Crippen molar-refractivity contribution in [1.29, 1.82) is 0 Å².